The summed E-state index contributed by atoms with van der Waals surface area (Å²) in [5.74, 6) is 1.51. The highest BCUT2D eigenvalue weighted by Gasteiger charge is 2.51. The Kier molecular flexibility index (Phi) is 4.84. The third-order valence-electron chi connectivity index (χ3n) is 6.19. The van der Waals surface area contributed by atoms with Crippen molar-refractivity contribution >= 4 is 11.5 Å². The quantitative estimate of drug-likeness (QED) is 0.623. The van der Waals surface area contributed by atoms with Crippen LogP contribution in [-0.4, -0.2) is 39.5 Å². The van der Waals surface area contributed by atoms with Gasteiger partial charge in [0.05, 0.1) is 24.9 Å². The number of methoxy groups -OCH3 is 1. The second kappa shape index (κ2) is 7.44. The van der Waals surface area contributed by atoms with Crippen LogP contribution in [0.25, 0.3) is 5.65 Å². The van der Waals surface area contributed by atoms with Gasteiger partial charge in [0, 0.05) is 24.7 Å². The third kappa shape index (κ3) is 3.62. The van der Waals surface area contributed by atoms with Crippen LogP contribution in [0.5, 0.6) is 5.75 Å². The lowest BCUT2D eigenvalue weighted by Crippen LogP contribution is -2.40. The first-order valence-electron chi connectivity index (χ1n) is 10.5. The van der Waals surface area contributed by atoms with Crippen molar-refractivity contribution in [1.82, 2.24) is 25.0 Å². The Bertz CT molecular complexity index is 1120. The number of nitrogens with one attached hydrogen (secondary N) is 2. The maximum absolute atomic E-state index is 13.8. The van der Waals surface area contributed by atoms with Gasteiger partial charge in [-0.15, -0.1) is 0 Å². The van der Waals surface area contributed by atoms with E-state index in [1.807, 2.05) is 37.5 Å². The fraction of sp³-hybridized carbons (Fsp3) is 0.455. The molecule has 3 aromatic rings. The van der Waals surface area contributed by atoms with E-state index in [4.69, 9.17) is 14.6 Å². The van der Waals surface area contributed by atoms with Crippen LogP contribution in [0.3, 0.4) is 0 Å². The zero-order valence-corrected chi connectivity index (χ0v) is 18.1. The molecule has 164 valence electrons. The number of rotatable bonds is 6. The van der Waals surface area contributed by atoms with Crippen molar-refractivity contribution in [3.8, 4) is 5.75 Å². The number of hydrogen-bond donors (Lipinski definition) is 2. The predicted molar refractivity (Wildman–Crippen MR) is 114 cm³/mol. The Morgan fingerprint density at radius 1 is 1.35 bits per heavy atom. The Morgan fingerprint density at radius 2 is 2.16 bits per heavy atom. The minimum absolute atomic E-state index is 0.147. The lowest BCUT2D eigenvalue weighted by Gasteiger charge is -2.22. The molecule has 0 spiro atoms. The van der Waals surface area contributed by atoms with Crippen molar-refractivity contribution in [2.75, 3.05) is 19.5 Å². The largest absolute Gasteiger partial charge is 0.496 e. The van der Waals surface area contributed by atoms with Gasteiger partial charge in [-0.2, -0.15) is 10.2 Å². The van der Waals surface area contributed by atoms with Crippen molar-refractivity contribution in [3.63, 3.8) is 0 Å². The van der Waals surface area contributed by atoms with Gasteiger partial charge in [0.2, 0.25) is 0 Å². The summed E-state index contributed by atoms with van der Waals surface area (Å²) in [5, 5.41) is 13.3. The molecule has 1 aromatic carbocycles. The van der Waals surface area contributed by atoms with E-state index in [-0.39, 0.29) is 23.7 Å². The summed E-state index contributed by atoms with van der Waals surface area (Å²) in [4.78, 5) is 10.9. The minimum Gasteiger partial charge on any atom is -0.496 e. The molecule has 2 fully saturated rings. The summed E-state index contributed by atoms with van der Waals surface area (Å²) in [6, 6.07) is 6.14. The van der Waals surface area contributed by atoms with Crippen molar-refractivity contribution < 1.29 is 14.0 Å². The highest BCUT2D eigenvalue weighted by atomic mass is 19.1. The Balaban J connectivity index is 1.42. The first-order valence-corrected chi connectivity index (χ1v) is 10.5. The molecule has 9 heteroatoms. The Hall–Kier alpha value is -2.75. The molecule has 3 heterocycles. The molecule has 8 nitrogen and oxygen atoms in total. The molecule has 1 aliphatic carbocycles. The maximum atomic E-state index is 13.8. The number of anilines is 1. The van der Waals surface area contributed by atoms with E-state index in [1.165, 1.54) is 25.0 Å². The molecule has 3 atom stereocenters. The highest BCUT2D eigenvalue weighted by molar-refractivity contribution is 5.54. The van der Waals surface area contributed by atoms with Gasteiger partial charge in [0.15, 0.2) is 5.65 Å². The number of benzene rings is 1. The van der Waals surface area contributed by atoms with Gasteiger partial charge in [-0.1, -0.05) is 0 Å². The van der Waals surface area contributed by atoms with Gasteiger partial charge >= 0.3 is 0 Å². The van der Waals surface area contributed by atoms with Gasteiger partial charge < -0.3 is 10.1 Å². The number of ether oxygens (including phenoxy) is 1. The van der Waals surface area contributed by atoms with Crippen LogP contribution in [0, 0.1) is 11.7 Å². The van der Waals surface area contributed by atoms with Gasteiger partial charge in [-0.05, 0) is 51.0 Å². The third-order valence-corrected chi connectivity index (χ3v) is 6.19. The molecule has 2 aromatic heterocycles. The first-order chi connectivity index (χ1) is 14.9. The van der Waals surface area contributed by atoms with Gasteiger partial charge in [-0.25, -0.2) is 13.9 Å². The van der Waals surface area contributed by atoms with Crippen molar-refractivity contribution in [3.05, 3.63) is 53.6 Å². The predicted octanol–water partition coefficient (Wildman–Crippen LogP) is 3.64. The second-order valence-electron chi connectivity index (χ2n) is 8.50. The van der Waals surface area contributed by atoms with Crippen LogP contribution >= 0.6 is 0 Å². The summed E-state index contributed by atoms with van der Waals surface area (Å²) in [7, 11) is 3.50. The smallest absolute Gasteiger partial charge is 0.163 e. The number of hydroxylamine groups is 2. The number of halogens is 1. The zero-order chi connectivity index (χ0) is 21.8. The summed E-state index contributed by atoms with van der Waals surface area (Å²) >= 11 is 0. The average Bonchev–Trinajstić information content (AvgIpc) is 3.46. The van der Waals surface area contributed by atoms with Crippen LogP contribution in [0.4, 0.5) is 10.2 Å². The SMILES string of the molecule is COc1ccc(F)cc1C(C)Nc1ccn2ncc(C3NC(C)(C4CC4)ON3C)c2n1. The number of aromatic nitrogens is 3. The monoisotopic (exact) mass is 426 g/mol. The summed E-state index contributed by atoms with van der Waals surface area (Å²) in [6.07, 6.45) is 5.88. The molecular weight excluding hydrogens is 399 g/mol. The highest BCUT2D eigenvalue weighted by Crippen LogP contribution is 2.45. The first kappa shape index (κ1) is 20.2. The van der Waals surface area contributed by atoms with Crippen LogP contribution in [-0.2, 0) is 4.84 Å². The molecule has 2 N–H and O–H groups in total. The average molecular weight is 426 g/mol. The summed E-state index contributed by atoms with van der Waals surface area (Å²) in [6.45, 7) is 4.04. The van der Waals surface area contributed by atoms with E-state index < -0.39 is 0 Å². The summed E-state index contributed by atoms with van der Waals surface area (Å²) < 4.78 is 20.9. The van der Waals surface area contributed by atoms with E-state index in [9.17, 15) is 4.39 Å². The molecule has 1 aliphatic heterocycles. The van der Waals surface area contributed by atoms with Crippen molar-refractivity contribution in [1.29, 1.82) is 0 Å². The van der Waals surface area contributed by atoms with Crippen LogP contribution in [0.15, 0.2) is 36.7 Å². The van der Waals surface area contributed by atoms with Gasteiger partial charge in [0.1, 0.15) is 29.3 Å². The summed E-state index contributed by atoms with van der Waals surface area (Å²) in [5.41, 5.74) is 2.03. The van der Waals surface area contributed by atoms with Crippen LogP contribution < -0.4 is 15.4 Å². The van der Waals surface area contributed by atoms with Gasteiger partial charge in [-0.3, -0.25) is 10.2 Å². The number of hydrogen-bond acceptors (Lipinski definition) is 7. The van der Waals surface area contributed by atoms with Crippen LogP contribution in [0.1, 0.15) is 50.0 Å². The standard InChI is InChI=1S/C22H27FN6O2/c1-13(16-11-15(23)7-8-18(16)30-4)25-19-9-10-29-20(26-19)17(12-24-29)21-27-22(2,14-5-6-14)31-28(21)3/h7-14,21,27H,5-6H2,1-4H3,(H,25,26). The number of fused-ring (bicyclic) bond motifs is 1. The molecule has 1 saturated carbocycles. The van der Waals surface area contributed by atoms with Crippen molar-refractivity contribution in [2.24, 2.45) is 5.92 Å². The molecule has 0 amide bonds. The fourth-order valence-corrected chi connectivity index (χ4v) is 4.34. The minimum atomic E-state index is -0.369. The van der Waals surface area contributed by atoms with Crippen molar-refractivity contribution in [2.45, 2.75) is 44.6 Å². The maximum Gasteiger partial charge on any atom is 0.163 e. The van der Waals surface area contributed by atoms with E-state index in [0.717, 1.165) is 16.8 Å². The molecule has 0 radical (unpaired) electrons. The Labute approximate surface area is 180 Å². The second-order valence-corrected chi connectivity index (χ2v) is 8.50. The molecule has 1 saturated heterocycles. The van der Waals surface area contributed by atoms with E-state index in [0.29, 0.717) is 17.5 Å². The van der Waals surface area contributed by atoms with E-state index >= 15 is 0 Å². The normalized spacial score (nSPS) is 25.1. The lowest BCUT2D eigenvalue weighted by atomic mass is 10.1. The molecule has 2 aliphatic rings. The molecule has 3 unspecified atom stereocenters. The topological polar surface area (TPSA) is 76.0 Å². The lowest BCUT2D eigenvalue weighted by molar-refractivity contribution is -0.193. The molecular formula is C22H27FN6O2. The molecule has 31 heavy (non-hydrogen) atoms. The Morgan fingerprint density at radius 3 is 2.90 bits per heavy atom. The zero-order valence-electron chi connectivity index (χ0n) is 18.1. The fourth-order valence-electron chi connectivity index (χ4n) is 4.34. The molecule has 0 bridgehead atoms. The van der Waals surface area contributed by atoms with E-state index in [1.54, 1.807) is 17.7 Å². The molecule has 5 rings (SSSR count). The van der Waals surface area contributed by atoms with E-state index in [2.05, 4.69) is 22.7 Å². The number of nitrogens with zero attached hydrogens (tertiary/aromatic N) is 4. The van der Waals surface area contributed by atoms with Crippen LogP contribution in [0.2, 0.25) is 0 Å². The van der Waals surface area contributed by atoms with Gasteiger partial charge in [0.25, 0.3) is 0 Å².